The summed E-state index contributed by atoms with van der Waals surface area (Å²) in [4.78, 5) is 2.82. The van der Waals surface area contributed by atoms with E-state index in [1.54, 1.807) is 18.5 Å². The molecule has 0 fully saturated rings. The first-order valence-corrected chi connectivity index (χ1v) is 5.48. The number of nitrogens with one attached hydrogen (secondary N) is 2. The van der Waals surface area contributed by atoms with Gasteiger partial charge in [0.15, 0.2) is 0 Å². The van der Waals surface area contributed by atoms with Crippen LogP contribution in [0.25, 0.3) is 0 Å². The second kappa shape index (κ2) is 3.93. The molecule has 0 saturated carbocycles. The Morgan fingerprint density at radius 3 is 2.83 bits per heavy atom. The monoisotopic (exact) mass is 208 g/mol. The Hall–Kier alpha value is -0.520. The van der Waals surface area contributed by atoms with Gasteiger partial charge in [0.2, 0.25) is 10.0 Å². The molecular weight excluding hydrogens is 200 g/mol. The van der Waals surface area contributed by atoms with E-state index in [9.17, 15) is 8.42 Å². The van der Waals surface area contributed by atoms with E-state index in [4.69, 9.17) is 11.6 Å². The van der Waals surface area contributed by atoms with Crippen molar-refractivity contribution in [1.82, 2.24) is 9.71 Å². The van der Waals surface area contributed by atoms with Crippen molar-refractivity contribution in [2.75, 3.05) is 5.21 Å². The van der Waals surface area contributed by atoms with E-state index >= 15 is 0 Å². The minimum atomic E-state index is -3.29. The molecule has 0 bridgehead atoms. The van der Waals surface area contributed by atoms with E-state index in [0.717, 1.165) is 5.56 Å². The van der Waals surface area contributed by atoms with E-state index in [0.29, 0.717) is 0 Å². The van der Waals surface area contributed by atoms with Gasteiger partial charge in [0, 0.05) is 18.9 Å². The van der Waals surface area contributed by atoms with Crippen LogP contribution in [0.5, 0.6) is 0 Å². The summed E-state index contributed by atoms with van der Waals surface area (Å²) in [5, 5.41) is -0.405. The highest BCUT2D eigenvalue weighted by Crippen LogP contribution is 1.97. The predicted octanol–water partition coefficient (Wildman–Crippen LogP) is 0.630. The Labute approximate surface area is 76.0 Å². The van der Waals surface area contributed by atoms with Gasteiger partial charge >= 0.3 is 0 Å². The van der Waals surface area contributed by atoms with Gasteiger partial charge in [-0.05, 0) is 11.6 Å². The second-order valence-corrected chi connectivity index (χ2v) is 4.66. The number of hydrogen-bond acceptors (Lipinski definition) is 2. The number of sulfonamides is 1. The molecule has 1 aromatic rings. The summed E-state index contributed by atoms with van der Waals surface area (Å²) in [6.45, 7) is 0.276. The van der Waals surface area contributed by atoms with Crippen LogP contribution in [0.15, 0.2) is 18.5 Å². The van der Waals surface area contributed by atoms with Gasteiger partial charge in [-0.1, -0.05) is 0 Å². The zero-order chi connectivity index (χ0) is 9.03. The average Bonchev–Trinajstić information content (AvgIpc) is 2.53. The Morgan fingerprint density at radius 1 is 1.58 bits per heavy atom. The highest BCUT2D eigenvalue weighted by atomic mass is 35.5. The molecule has 2 N–H and O–H groups in total. The van der Waals surface area contributed by atoms with Gasteiger partial charge in [-0.3, -0.25) is 0 Å². The van der Waals surface area contributed by atoms with Crippen molar-refractivity contribution in [1.29, 1.82) is 0 Å². The number of H-pyrrole nitrogens is 1. The smallest absolute Gasteiger partial charge is 0.225 e. The van der Waals surface area contributed by atoms with Crippen LogP contribution in [-0.4, -0.2) is 18.6 Å². The molecule has 0 aliphatic heterocycles. The third-order valence-electron chi connectivity index (χ3n) is 1.30. The lowest BCUT2D eigenvalue weighted by molar-refractivity contribution is 0.586. The molecule has 0 saturated heterocycles. The molecule has 0 amide bonds. The van der Waals surface area contributed by atoms with Gasteiger partial charge in [-0.25, -0.2) is 13.1 Å². The molecular formula is C6H9ClN2O2S. The van der Waals surface area contributed by atoms with Crippen LogP contribution >= 0.6 is 11.6 Å². The molecule has 4 nitrogen and oxygen atoms in total. The van der Waals surface area contributed by atoms with Crippen LogP contribution in [0.1, 0.15) is 5.56 Å². The standard InChI is InChI=1S/C6H9ClN2O2S/c7-5-12(10,11)9-4-6-1-2-8-3-6/h1-3,8-9H,4-5H2. The van der Waals surface area contributed by atoms with Crippen LogP contribution in [0.2, 0.25) is 0 Å². The van der Waals surface area contributed by atoms with Crippen LogP contribution in [0.4, 0.5) is 0 Å². The van der Waals surface area contributed by atoms with E-state index in [-0.39, 0.29) is 6.54 Å². The number of alkyl halides is 1. The van der Waals surface area contributed by atoms with Crippen molar-refractivity contribution >= 4 is 21.6 Å². The van der Waals surface area contributed by atoms with Crippen LogP contribution < -0.4 is 4.72 Å². The normalized spacial score (nSPS) is 11.8. The van der Waals surface area contributed by atoms with Crippen LogP contribution in [-0.2, 0) is 16.6 Å². The fraction of sp³-hybridized carbons (Fsp3) is 0.333. The highest BCUT2D eigenvalue weighted by molar-refractivity contribution is 7.90. The largest absolute Gasteiger partial charge is 0.367 e. The number of rotatable bonds is 4. The minimum Gasteiger partial charge on any atom is -0.367 e. The lowest BCUT2D eigenvalue weighted by atomic mass is 10.4. The summed E-state index contributed by atoms with van der Waals surface area (Å²) in [5.41, 5.74) is 0.878. The van der Waals surface area contributed by atoms with Crippen molar-refractivity contribution in [3.63, 3.8) is 0 Å². The van der Waals surface area contributed by atoms with Gasteiger partial charge in [-0.2, -0.15) is 0 Å². The van der Waals surface area contributed by atoms with Crippen molar-refractivity contribution in [2.45, 2.75) is 6.54 Å². The van der Waals surface area contributed by atoms with Gasteiger partial charge in [0.05, 0.1) is 0 Å². The lowest BCUT2D eigenvalue weighted by Gasteiger charge is -2.00. The molecule has 1 rings (SSSR count). The fourth-order valence-corrected chi connectivity index (χ4v) is 1.40. The molecule has 1 heterocycles. The molecule has 68 valence electrons. The number of hydrogen-bond donors (Lipinski definition) is 2. The highest BCUT2D eigenvalue weighted by Gasteiger charge is 2.06. The van der Waals surface area contributed by atoms with Gasteiger partial charge < -0.3 is 4.98 Å². The zero-order valence-electron chi connectivity index (χ0n) is 6.25. The molecule has 0 unspecified atom stereocenters. The summed E-state index contributed by atoms with van der Waals surface area (Å²) in [7, 11) is -3.29. The van der Waals surface area contributed by atoms with E-state index in [1.807, 2.05) is 0 Å². The number of halogens is 1. The zero-order valence-corrected chi connectivity index (χ0v) is 7.82. The molecule has 0 aliphatic carbocycles. The van der Waals surface area contributed by atoms with Crippen molar-refractivity contribution in [3.8, 4) is 0 Å². The summed E-state index contributed by atoms with van der Waals surface area (Å²) < 4.78 is 24.0. The molecule has 0 aliphatic rings. The summed E-state index contributed by atoms with van der Waals surface area (Å²) >= 11 is 5.18. The first-order valence-electron chi connectivity index (χ1n) is 3.29. The molecule has 6 heteroatoms. The van der Waals surface area contributed by atoms with Gasteiger partial charge in [0.1, 0.15) is 5.21 Å². The SMILES string of the molecule is O=S(=O)(CCl)NCc1cc[nH]c1. The van der Waals surface area contributed by atoms with Crippen molar-refractivity contribution in [3.05, 3.63) is 24.0 Å². The van der Waals surface area contributed by atoms with E-state index in [1.165, 1.54) is 0 Å². The Bertz CT molecular complexity index is 319. The lowest BCUT2D eigenvalue weighted by Crippen LogP contribution is -2.23. The van der Waals surface area contributed by atoms with E-state index in [2.05, 4.69) is 9.71 Å². The maximum atomic E-state index is 10.8. The molecule has 0 aromatic carbocycles. The second-order valence-electron chi connectivity index (χ2n) is 2.26. The average molecular weight is 209 g/mol. The quantitative estimate of drug-likeness (QED) is 0.713. The minimum absolute atomic E-state index is 0.276. The molecule has 0 spiro atoms. The molecule has 0 radical (unpaired) electrons. The third-order valence-corrected chi connectivity index (χ3v) is 3.04. The topological polar surface area (TPSA) is 62.0 Å². The fourth-order valence-electron chi connectivity index (χ4n) is 0.700. The Balaban J connectivity index is 2.47. The van der Waals surface area contributed by atoms with Crippen molar-refractivity contribution < 1.29 is 8.42 Å². The molecule has 12 heavy (non-hydrogen) atoms. The Morgan fingerprint density at radius 2 is 2.33 bits per heavy atom. The summed E-state index contributed by atoms with van der Waals surface area (Å²) in [6.07, 6.45) is 3.45. The van der Waals surface area contributed by atoms with Crippen molar-refractivity contribution in [2.24, 2.45) is 0 Å². The maximum Gasteiger partial charge on any atom is 0.225 e. The van der Waals surface area contributed by atoms with Crippen LogP contribution in [0, 0.1) is 0 Å². The summed E-state index contributed by atoms with van der Waals surface area (Å²) in [5.74, 6) is 0. The number of aromatic nitrogens is 1. The van der Waals surface area contributed by atoms with E-state index < -0.39 is 15.2 Å². The van der Waals surface area contributed by atoms with Gasteiger partial charge in [0.25, 0.3) is 0 Å². The predicted molar refractivity (Wildman–Crippen MR) is 47.3 cm³/mol. The third kappa shape index (κ3) is 2.84. The Kier molecular flexibility index (Phi) is 3.13. The first kappa shape index (κ1) is 9.57. The van der Waals surface area contributed by atoms with Crippen LogP contribution in [0.3, 0.4) is 0 Å². The maximum absolute atomic E-state index is 10.8. The first-order chi connectivity index (χ1) is 5.64. The molecule has 0 atom stereocenters. The summed E-state index contributed by atoms with van der Waals surface area (Å²) in [6, 6.07) is 1.79. The number of aromatic amines is 1. The van der Waals surface area contributed by atoms with Gasteiger partial charge in [-0.15, -0.1) is 11.6 Å². The molecule has 1 aromatic heterocycles.